The third kappa shape index (κ3) is 4.94. The summed E-state index contributed by atoms with van der Waals surface area (Å²) < 4.78 is 2.04. The van der Waals surface area contributed by atoms with Crippen LogP contribution in [0.2, 0.25) is 0 Å². The molecule has 4 rings (SSSR count). The lowest BCUT2D eigenvalue weighted by Gasteiger charge is -2.02. The van der Waals surface area contributed by atoms with E-state index in [1.54, 1.807) is 11.3 Å². The van der Waals surface area contributed by atoms with E-state index in [-0.39, 0.29) is 18.3 Å². The smallest absolute Gasteiger partial charge is 0.226 e. The molecule has 3 heterocycles. The number of fused-ring (bicyclic) bond motifs is 1. The Kier molecular flexibility index (Phi) is 6.60. The summed E-state index contributed by atoms with van der Waals surface area (Å²) in [6.07, 6.45) is 1.37. The lowest BCUT2D eigenvalue weighted by Crippen LogP contribution is -2.25. The van der Waals surface area contributed by atoms with Crippen LogP contribution in [0.25, 0.3) is 10.6 Å². The van der Waals surface area contributed by atoms with E-state index >= 15 is 0 Å². The summed E-state index contributed by atoms with van der Waals surface area (Å²) in [5, 5.41) is 13.8. The SMILES string of the molecule is Cl.O=C(Cc1csc(-c2ccccc2)n1)NCc1cc2n(n1)CCCNC2. The normalized spacial score (nSPS) is 13.3. The van der Waals surface area contributed by atoms with Crippen LogP contribution < -0.4 is 10.6 Å². The van der Waals surface area contributed by atoms with Crippen LogP contribution in [0.15, 0.2) is 41.8 Å². The molecule has 1 amide bonds. The van der Waals surface area contributed by atoms with Gasteiger partial charge in [0.15, 0.2) is 0 Å². The minimum atomic E-state index is -0.0313. The first-order valence-electron chi connectivity index (χ1n) is 8.81. The topological polar surface area (TPSA) is 71.8 Å². The molecule has 0 atom stereocenters. The van der Waals surface area contributed by atoms with Crippen molar-refractivity contribution < 1.29 is 4.79 Å². The lowest BCUT2D eigenvalue weighted by molar-refractivity contribution is -0.120. The first-order valence-corrected chi connectivity index (χ1v) is 9.69. The van der Waals surface area contributed by atoms with Crippen LogP contribution in [0.1, 0.15) is 23.5 Å². The van der Waals surface area contributed by atoms with E-state index in [4.69, 9.17) is 0 Å². The number of thiazole rings is 1. The molecule has 6 nitrogen and oxygen atoms in total. The molecule has 1 aliphatic rings. The van der Waals surface area contributed by atoms with Gasteiger partial charge in [0.25, 0.3) is 0 Å². The van der Waals surface area contributed by atoms with Crippen molar-refractivity contribution >= 4 is 29.7 Å². The van der Waals surface area contributed by atoms with Gasteiger partial charge in [0, 0.05) is 24.0 Å². The number of nitrogens with one attached hydrogen (secondary N) is 2. The molecule has 0 saturated carbocycles. The van der Waals surface area contributed by atoms with Crippen molar-refractivity contribution in [2.24, 2.45) is 0 Å². The molecule has 0 spiro atoms. The average molecular weight is 404 g/mol. The van der Waals surface area contributed by atoms with E-state index in [0.717, 1.165) is 48.0 Å². The predicted molar refractivity (Wildman–Crippen MR) is 109 cm³/mol. The van der Waals surface area contributed by atoms with Crippen LogP contribution in [0.5, 0.6) is 0 Å². The van der Waals surface area contributed by atoms with Gasteiger partial charge < -0.3 is 10.6 Å². The van der Waals surface area contributed by atoms with Gasteiger partial charge >= 0.3 is 0 Å². The van der Waals surface area contributed by atoms with E-state index in [9.17, 15) is 4.79 Å². The Morgan fingerprint density at radius 2 is 2.11 bits per heavy atom. The second-order valence-electron chi connectivity index (χ2n) is 6.34. The van der Waals surface area contributed by atoms with Gasteiger partial charge in [0.2, 0.25) is 5.91 Å². The number of carbonyl (C=O) groups excluding carboxylic acids is 1. The van der Waals surface area contributed by atoms with Gasteiger partial charge in [-0.15, -0.1) is 23.7 Å². The van der Waals surface area contributed by atoms with Gasteiger partial charge in [-0.05, 0) is 19.0 Å². The average Bonchev–Trinajstić information content (AvgIpc) is 3.22. The van der Waals surface area contributed by atoms with Crippen LogP contribution in [-0.4, -0.2) is 27.2 Å². The second-order valence-corrected chi connectivity index (χ2v) is 7.20. The number of nitrogens with zero attached hydrogens (tertiary/aromatic N) is 3. The number of benzene rings is 1. The molecule has 27 heavy (non-hydrogen) atoms. The summed E-state index contributed by atoms with van der Waals surface area (Å²) in [5.41, 5.74) is 3.97. The summed E-state index contributed by atoms with van der Waals surface area (Å²) in [6, 6.07) is 12.1. The van der Waals surface area contributed by atoms with Crippen LogP contribution >= 0.6 is 23.7 Å². The number of halogens is 1. The zero-order valence-corrected chi connectivity index (χ0v) is 16.5. The van der Waals surface area contributed by atoms with E-state index in [1.807, 2.05) is 40.4 Å². The van der Waals surface area contributed by atoms with Gasteiger partial charge in [0.05, 0.1) is 30.0 Å². The Morgan fingerprint density at radius 3 is 2.96 bits per heavy atom. The summed E-state index contributed by atoms with van der Waals surface area (Å²) in [4.78, 5) is 16.8. The fraction of sp³-hybridized carbons (Fsp3) is 0.316. The van der Waals surface area contributed by atoms with Gasteiger partial charge in [0.1, 0.15) is 5.01 Å². The summed E-state index contributed by atoms with van der Waals surface area (Å²) >= 11 is 1.57. The Morgan fingerprint density at radius 1 is 1.26 bits per heavy atom. The van der Waals surface area contributed by atoms with Gasteiger partial charge in [-0.3, -0.25) is 9.48 Å². The Balaban J connectivity index is 0.00000210. The molecular weight excluding hydrogens is 382 g/mol. The highest BCUT2D eigenvalue weighted by Gasteiger charge is 2.12. The monoisotopic (exact) mass is 403 g/mol. The van der Waals surface area contributed by atoms with E-state index in [2.05, 4.69) is 26.8 Å². The molecule has 142 valence electrons. The third-order valence-corrected chi connectivity index (χ3v) is 5.26. The largest absolute Gasteiger partial charge is 0.350 e. The van der Waals surface area contributed by atoms with E-state index in [1.165, 1.54) is 5.69 Å². The Bertz CT molecular complexity index is 869. The van der Waals surface area contributed by atoms with Crippen molar-refractivity contribution in [3.05, 3.63) is 58.9 Å². The number of rotatable bonds is 5. The molecule has 0 fully saturated rings. The highest BCUT2D eigenvalue weighted by molar-refractivity contribution is 7.13. The minimum absolute atomic E-state index is 0. The number of carbonyl (C=O) groups is 1. The number of aryl methyl sites for hydroxylation is 1. The van der Waals surface area contributed by atoms with Crippen LogP contribution in [0, 0.1) is 0 Å². The lowest BCUT2D eigenvalue weighted by atomic mass is 10.2. The molecule has 0 radical (unpaired) electrons. The minimum Gasteiger partial charge on any atom is -0.350 e. The maximum absolute atomic E-state index is 12.2. The van der Waals surface area contributed by atoms with Crippen LogP contribution in [-0.2, 0) is 30.8 Å². The fourth-order valence-corrected chi connectivity index (χ4v) is 3.85. The molecule has 8 heteroatoms. The summed E-state index contributed by atoms with van der Waals surface area (Å²) in [6.45, 7) is 3.24. The Labute approximate surface area is 168 Å². The highest BCUT2D eigenvalue weighted by Crippen LogP contribution is 2.23. The molecule has 1 aromatic carbocycles. The highest BCUT2D eigenvalue weighted by atomic mass is 35.5. The van der Waals surface area contributed by atoms with Crippen molar-refractivity contribution in [2.45, 2.75) is 32.5 Å². The number of amides is 1. The third-order valence-electron chi connectivity index (χ3n) is 4.32. The molecular formula is C19H22ClN5OS. The quantitative estimate of drug-likeness (QED) is 0.687. The second kappa shape index (κ2) is 9.12. The molecule has 0 saturated heterocycles. The maximum atomic E-state index is 12.2. The van der Waals surface area contributed by atoms with Gasteiger partial charge in [-0.25, -0.2) is 4.98 Å². The van der Waals surface area contributed by atoms with E-state index < -0.39 is 0 Å². The molecule has 2 aromatic heterocycles. The predicted octanol–water partition coefficient (Wildman–Crippen LogP) is 2.78. The first kappa shape index (κ1) is 19.5. The standard InChI is InChI=1S/C19H21N5OS.ClH/c25-18(10-16-13-26-19(22-16)14-5-2-1-3-6-14)21-11-15-9-17-12-20-7-4-8-24(17)23-15;/h1-3,5-6,9,13,20H,4,7-8,10-12H2,(H,21,25);1H. The summed E-state index contributed by atoms with van der Waals surface area (Å²) in [7, 11) is 0. The zero-order chi connectivity index (χ0) is 17.8. The van der Waals surface area contributed by atoms with Crippen molar-refractivity contribution in [1.29, 1.82) is 0 Å². The molecule has 3 aromatic rings. The van der Waals surface area contributed by atoms with Gasteiger partial charge in [-0.1, -0.05) is 30.3 Å². The number of hydrogen-bond acceptors (Lipinski definition) is 5. The van der Waals surface area contributed by atoms with Crippen molar-refractivity contribution in [3.8, 4) is 10.6 Å². The molecule has 0 bridgehead atoms. The van der Waals surface area contributed by atoms with Crippen molar-refractivity contribution in [3.63, 3.8) is 0 Å². The number of aromatic nitrogens is 3. The van der Waals surface area contributed by atoms with E-state index in [0.29, 0.717) is 13.0 Å². The Hall–Kier alpha value is -2.22. The first-order chi connectivity index (χ1) is 12.8. The van der Waals surface area contributed by atoms with Crippen LogP contribution in [0.4, 0.5) is 0 Å². The molecule has 1 aliphatic heterocycles. The van der Waals surface area contributed by atoms with Gasteiger partial charge in [-0.2, -0.15) is 5.10 Å². The number of hydrogen-bond donors (Lipinski definition) is 2. The summed E-state index contributed by atoms with van der Waals surface area (Å²) in [5.74, 6) is -0.0313. The van der Waals surface area contributed by atoms with Crippen molar-refractivity contribution in [2.75, 3.05) is 6.54 Å². The molecule has 0 aliphatic carbocycles. The molecule has 2 N–H and O–H groups in total. The van der Waals surface area contributed by atoms with Crippen LogP contribution in [0.3, 0.4) is 0 Å². The zero-order valence-electron chi connectivity index (χ0n) is 14.9. The maximum Gasteiger partial charge on any atom is 0.226 e. The molecule has 0 unspecified atom stereocenters. The van der Waals surface area contributed by atoms with Crippen molar-refractivity contribution in [1.82, 2.24) is 25.4 Å². The fourth-order valence-electron chi connectivity index (χ4n) is 3.03.